The monoisotopic (exact) mass is 375 g/mol. The average Bonchev–Trinajstić information content (AvgIpc) is 3.32. The van der Waals surface area contributed by atoms with Crippen LogP contribution in [0.5, 0.6) is 0 Å². The summed E-state index contributed by atoms with van der Waals surface area (Å²) in [7, 11) is 0. The molecule has 8 heteroatoms. The molecule has 0 aliphatic rings. The number of oxazole rings is 1. The first-order chi connectivity index (χ1) is 12.2. The van der Waals surface area contributed by atoms with Gasteiger partial charge in [-0.15, -0.1) is 22.7 Å². The number of nitrogens with one attached hydrogen (secondary N) is 2. The van der Waals surface area contributed by atoms with Crippen LogP contribution in [0.1, 0.15) is 28.2 Å². The number of aromatic nitrogens is 2. The molecule has 0 radical (unpaired) electrons. The summed E-state index contributed by atoms with van der Waals surface area (Å²) >= 11 is 3.32. The van der Waals surface area contributed by atoms with E-state index >= 15 is 0 Å². The first-order valence-corrected chi connectivity index (χ1v) is 9.78. The van der Waals surface area contributed by atoms with E-state index in [-0.39, 0.29) is 0 Å². The summed E-state index contributed by atoms with van der Waals surface area (Å²) in [6, 6.07) is 3.98. The highest BCUT2D eigenvalue weighted by Crippen LogP contribution is 2.23. The zero-order valence-electron chi connectivity index (χ0n) is 14.5. The summed E-state index contributed by atoms with van der Waals surface area (Å²) in [5.41, 5.74) is 1.90. The van der Waals surface area contributed by atoms with Crippen LogP contribution < -0.4 is 10.6 Å². The molecule has 0 fully saturated rings. The molecule has 3 rings (SSSR count). The number of aliphatic imine (C=N–C) groups is 1. The third-order valence-corrected chi connectivity index (χ3v) is 5.44. The molecule has 6 nitrogen and oxygen atoms in total. The molecule has 0 aliphatic heterocycles. The van der Waals surface area contributed by atoms with E-state index in [0.29, 0.717) is 19.0 Å². The van der Waals surface area contributed by atoms with Gasteiger partial charge in [0.05, 0.1) is 23.7 Å². The molecule has 0 spiro atoms. The summed E-state index contributed by atoms with van der Waals surface area (Å²) < 4.78 is 5.53. The molecular formula is C17H21N5OS2. The summed E-state index contributed by atoms with van der Waals surface area (Å²) in [4.78, 5) is 15.9. The van der Waals surface area contributed by atoms with Crippen LogP contribution in [0.2, 0.25) is 0 Å². The molecule has 0 saturated carbocycles. The Morgan fingerprint density at radius 3 is 2.84 bits per heavy atom. The largest absolute Gasteiger partial charge is 0.443 e. The second kappa shape index (κ2) is 8.26. The van der Waals surface area contributed by atoms with E-state index in [1.165, 1.54) is 4.88 Å². The van der Waals surface area contributed by atoms with Crippen molar-refractivity contribution >= 4 is 28.6 Å². The molecule has 0 saturated heterocycles. The van der Waals surface area contributed by atoms with Gasteiger partial charge < -0.3 is 15.1 Å². The van der Waals surface area contributed by atoms with E-state index < -0.39 is 0 Å². The van der Waals surface area contributed by atoms with Crippen LogP contribution in [0, 0.1) is 13.8 Å². The molecule has 0 bridgehead atoms. The fourth-order valence-corrected chi connectivity index (χ4v) is 3.70. The lowest BCUT2D eigenvalue weighted by Gasteiger charge is -2.09. The first kappa shape index (κ1) is 17.6. The lowest BCUT2D eigenvalue weighted by atomic mass is 10.4. The van der Waals surface area contributed by atoms with Crippen LogP contribution in [-0.2, 0) is 13.1 Å². The second-order valence-corrected chi connectivity index (χ2v) is 7.65. The summed E-state index contributed by atoms with van der Waals surface area (Å²) in [5, 5.41) is 9.61. The van der Waals surface area contributed by atoms with Crippen molar-refractivity contribution in [3.8, 4) is 10.8 Å². The van der Waals surface area contributed by atoms with Gasteiger partial charge in [0.25, 0.3) is 0 Å². The lowest BCUT2D eigenvalue weighted by Crippen LogP contribution is -2.36. The highest BCUT2D eigenvalue weighted by Gasteiger charge is 2.08. The number of hydrogen-bond donors (Lipinski definition) is 2. The van der Waals surface area contributed by atoms with Gasteiger partial charge in [0, 0.05) is 11.4 Å². The minimum atomic E-state index is 0.458. The number of hydrogen-bond acceptors (Lipinski definition) is 6. The fourth-order valence-electron chi connectivity index (χ4n) is 2.17. The molecule has 0 unspecified atom stereocenters. The molecule has 0 aliphatic carbocycles. The maximum atomic E-state index is 5.53. The predicted molar refractivity (Wildman–Crippen MR) is 103 cm³/mol. The fraction of sp³-hybridized carbons (Fsp3) is 0.353. The highest BCUT2D eigenvalue weighted by atomic mass is 32.1. The Morgan fingerprint density at radius 1 is 1.28 bits per heavy atom. The number of rotatable bonds is 6. The van der Waals surface area contributed by atoms with Crippen LogP contribution >= 0.6 is 22.7 Å². The van der Waals surface area contributed by atoms with Crippen LogP contribution in [0.15, 0.2) is 33.2 Å². The SMILES string of the molecule is CCNC(=NCc1coc(-c2cccs2)n1)NCc1nc(C)c(C)s1. The molecule has 0 amide bonds. The number of aryl methyl sites for hydroxylation is 2. The zero-order chi connectivity index (χ0) is 17.6. The Balaban J connectivity index is 1.61. The topological polar surface area (TPSA) is 75.3 Å². The van der Waals surface area contributed by atoms with E-state index in [1.807, 2.05) is 31.4 Å². The molecular weight excluding hydrogens is 354 g/mol. The van der Waals surface area contributed by atoms with Gasteiger partial charge in [0.2, 0.25) is 5.89 Å². The molecule has 2 N–H and O–H groups in total. The summed E-state index contributed by atoms with van der Waals surface area (Å²) in [6.07, 6.45) is 1.66. The zero-order valence-corrected chi connectivity index (χ0v) is 16.1. The molecule has 3 heterocycles. The molecule has 0 aromatic carbocycles. The minimum absolute atomic E-state index is 0.458. The molecule has 0 atom stereocenters. The van der Waals surface area contributed by atoms with Crippen molar-refractivity contribution in [2.24, 2.45) is 4.99 Å². The number of thiophene rings is 1. The summed E-state index contributed by atoms with van der Waals surface area (Å²) in [5.74, 6) is 1.39. The van der Waals surface area contributed by atoms with Crippen molar-refractivity contribution in [3.05, 3.63) is 45.0 Å². The Labute approximate surface area is 155 Å². The van der Waals surface area contributed by atoms with Crippen molar-refractivity contribution in [3.63, 3.8) is 0 Å². The van der Waals surface area contributed by atoms with Crippen LogP contribution in [-0.4, -0.2) is 22.5 Å². The second-order valence-electron chi connectivity index (χ2n) is 5.42. The van der Waals surface area contributed by atoms with Crippen molar-refractivity contribution in [2.45, 2.75) is 33.9 Å². The van der Waals surface area contributed by atoms with Gasteiger partial charge in [-0.2, -0.15) is 0 Å². The van der Waals surface area contributed by atoms with Gasteiger partial charge in [0.1, 0.15) is 17.0 Å². The van der Waals surface area contributed by atoms with Gasteiger partial charge in [-0.1, -0.05) is 6.07 Å². The summed E-state index contributed by atoms with van der Waals surface area (Å²) in [6.45, 7) is 8.07. The average molecular weight is 376 g/mol. The number of thiazole rings is 1. The molecule has 25 heavy (non-hydrogen) atoms. The predicted octanol–water partition coefficient (Wildman–Crippen LogP) is 3.73. The Kier molecular flexibility index (Phi) is 5.83. The normalized spacial score (nSPS) is 11.7. The van der Waals surface area contributed by atoms with Crippen molar-refractivity contribution in [2.75, 3.05) is 6.54 Å². The Morgan fingerprint density at radius 2 is 2.16 bits per heavy atom. The third kappa shape index (κ3) is 4.67. The van der Waals surface area contributed by atoms with Crippen molar-refractivity contribution in [1.29, 1.82) is 0 Å². The van der Waals surface area contributed by atoms with Crippen molar-refractivity contribution in [1.82, 2.24) is 20.6 Å². The van der Waals surface area contributed by atoms with E-state index in [0.717, 1.165) is 33.8 Å². The number of nitrogens with zero attached hydrogens (tertiary/aromatic N) is 3. The smallest absolute Gasteiger partial charge is 0.236 e. The molecule has 132 valence electrons. The van der Waals surface area contributed by atoms with Gasteiger partial charge in [-0.3, -0.25) is 0 Å². The van der Waals surface area contributed by atoms with Gasteiger partial charge in [0.15, 0.2) is 5.96 Å². The van der Waals surface area contributed by atoms with Gasteiger partial charge >= 0.3 is 0 Å². The maximum Gasteiger partial charge on any atom is 0.236 e. The maximum absolute atomic E-state index is 5.53. The Bertz CT molecular complexity index is 816. The number of guanidine groups is 1. The minimum Gasteiger partial charge on any atom is -0.443 e. The van der Waals surface area contributed by atoms with Gasteiger partial charge in [-0.25, -0.2) is 15.0 Å². The van der Waals surface area contributed by atoms with E-state index in [4.69, 9.17) is 4.42 Å². The van der Waals surface area contributed by atoms with Gasteiger partial charge in [-0.05, 0) is 32.2 Å². The molecule has 3 aromatic rings. The molecule has 3 aromatic heterocycles. The third-order valence-electron chi connectivity index (χ3n) is 3.51. The van der Waals surface area contributed by atoms with E-state index in [9.17, 15) is 0 Å². The quantitative estimate of drug-likeness (QED) is 0.507. The van der Waals surface area contributed by atoms with E-state index in [2.05, 4.69) is 32.5 Å². The Hall–Kier alpha value is -2.19. The van der Waals surface area contributed by atoms with Crippen LogP contribution in [0.3, 0.4) is 0 Å². The van der Waals surface area contributed by atoms with Crippen LogP contribution in [0.4, 0.5) is 0 Å². The standard InChI is InChI=1S/C17H21N5OS2/c1-4-18-17(20-9-15-21-11(2)12(3)25-15)19-8-13-10-23-16(22-13)14-6-5-7-24-14/h5-7,10H,4,8-9H2,1-3H3,(H2,18,19,20). The highest BCUT2D eigenvalue weighted by molar-refractivity contribution is 7.13. The van der Waals surface area contributed by atoms with E-state index in [1.54, 1.807) is 28.9 Å². The lowest BCUT2D eigenvalue weighted by molar-refractivity contribution is 0.574. The first-order valence-electron chi connectivity index (χ1n) is 8.09. The van der Waals surface area contributed by atoms with Crippen LogP contribution in [0.25, 0.3) is 10.8 Å². The van der Waals surface area contributed by atoms with Crippen molar-refractivity contribution < 1.29 is 4.42 Å².